The van der Waals surface area contributed by atoms with Crippen LogP contribution in [-0.4, -0.2) is 25.0 Å². The van der Waals surface area contributed by atoms with Crippen molar-refractivity contribution < 1.29 is 0 Å². The Bertz CT molecular complexity index is 351. The highest BCUT2D eigenvalue weighted by Gasteiger charge is 2.48. The van der Waals surface area contributed by atoms with E-state index in [0.717, 1.165) is 36.1 Å². The van der Waals surface area contributed by atoms with Crippen molar-refractivity contribution in [2.24, 2.45) is 35.0 Å². The highest BCUT2D eigenvalue weighted by atomic mass is 15.1. The number of nitrogens with zero attached hydrogens (tertiary/aromatic N) is 2. The van der Waals surface area contributed by atoms with Crippen molar-refractivity contribution in [1.82, 2.24) is 4.90 Å². The maximum absolute atomic E-state index is 9.17. The van der Waals surface area contributed by atoms with Gasteiger partial charge in [-0.1, -0.05) is 0 Å². The van der Waals surface area contributed by atoms with Crippen molar-refractivity contribution >= 4 is 0 Å². The Hall–Kier alpha value is -0.550. The number of nitriles is 1. The molecule has 0 unspecified atom stereocenters. The molecule has 2 heteroatoms. The lowest BCUT2D eigenvalue weighted by molar-refractivity contribution is -0.0482. The number of rotatable bonds is 4. The maximum Gasteiger partial charge on any atom is 0.0697 e. The van der Waals surface area contributed by atoms with Crippen LogP contribution < -0.4 is 0 Å². The summed E-state index contributed by atoms with van der Waals surface area (Å²) in [6.45, 7) is 6.24. The molecule has 0 heterocycles. The molecular weight excluding hydrogens is 232 g/mol. The molecule has 0 aromatic rings. The van der Waals surface area contributed by atoms with E-state index in [1.54, 1.807) is 0 Å². The highest BCUT2D eigenvalue weighted by molar-refractivity contribution is 4.99. The molecule has 2 nitrogen and oxygen atoms in total. The topological polar surface area (TPSA) is 27.0 Å². The fourth-order valence-corrected chi connectivity index (χ4v) is 5.47. The molecule has 0 atom stereocenters. The van der Waals surface area contributed by atoms with Crippen molar-refractivity contribution in [1.29, 1.82) is 5.26 Å². The largest absolute Gasteiger partial charge is 0.305 e. The Labute approximate surface area is 118 Å². The molecule has 0 amide bonds. The standard InChI is InChI=1S/C17H28N2/c1-17(2,10-18)11-19(3)9-16-14-5-12-4-13(7-14)8-15(16)6-12/h12-16H,4-9,11H2,1-3H3. The molecule has 0 aliphatic heterocycles. The zero-order valence-electron chi connectivity index (χ0n) is 12.7. The van der Waals surface area contributed by atoms with Gasteiger partial charge in [-0.05, 0) is 82.6 Å². The van der Waals surface area contributed by atoms with Gasteiger partial charge < -0.3 is 4.90 Å². The van der Waals surface area contributed by atoms with E-state index in [9.17, 15) is 5.26 Å². The lowest BCUT2D eigenvalue weighted by atomic mass is 9.52. The van der Waals surface area contributed by atoms with Crippen LogP contribution in [-0.2, 0) is 0 Å². The monoisotopic (exact) mass is 260 g/mol. The molecule has 0 N–H and O–H groups in total. The summed E-state index contributed by atoms with van der Waals surface area (Å²) in [6.07, 6.45) is 7.57. The van der Waals surface area contributed by atoms with Gasteiger partial charge in [0.05, 0.1) is 11.5 Å². The van der Waals surface area contributed by atoms with Gasteiger partial charge in [-0.3, -0.25) is 0 Å². The Kier molecular flexibility index (Phi) is 3.38. The Balaban J connectivity index is 1.60. The lowest BCUT2D eigenvalue weighted by Gasteiger charge is -2.55. The molecule has 4 rings (SSSR count). The molecule has 0 aromatic carbocycles. The SMILES string of the molecule is CN(CC1C2CC3CC(C2)CC1C3)CC(C)(C)C#N. The van der Waals surface area contributed by atoms with Gasteiger partial charge >= 0.3 is 0 Å². The minimum absolute atomic E-state index is 0.208. The normalized spacial score (nSPS) is 40.7. The summed E-state index contributed by atoms with van der Waals surface area (Å²) in [6, 6.07) is 2.43. The van der Waals surface area contributed by atoms with Gasteiger partial charge in [-0.25, -0.2) is 0 Å². The van der Waals surface area contributed by atoms with E-state index in [0.29, 0.717) is 0 Å². The van der Waals surface area contributed by atoms with E-state index in [1.807, 2.05) is 0 Å². The van der Waals surface area contributed by atoms with Gasteiger partial charge in [0.15, 0.2) is 0 Å². The summed E-state index contributed by atoms with van der Waals surface area (Å²) in [5.41, 5.74) is -0.208. The molecular formula is C17H28N2. The van der Waals surface area contributed by atoms with Gasteiger partial charge in [0.2, 0.25) is 0 Å². The van der Waals surface area contributed by atoms with Crippen LogP contribution in [0.1, 0.15) is 46.0 Å². The van der Waals surface area contributed by atoms with Gasteiger partial charge in [-0.2, -0.15) is 5.26 Å². The van der Waals surface area contributed by atoms with Crippen LogP contribution in [0, 0.1) is 46.3 Å². The molecule has 0 spiro atoms. The smallest absolute Gasteiger partial charge is 0.0697 e. The van der Waals surface area contributed by atoms with E-state index >= 15 is 0 Å². The third-order valence-electron chi connectivity index (χ3n) is 5.91. The Morgan fingerprint density at radius 1 is 1.05 bits per heavy atom. The molecule has 4 fully saturated rings. The van der Waals surface area contributed by atoms with E-state index in [2.05, 4.69) is 31.9 Å². The minimum atomic E-state index is -0.208. The van der Waals surface area contributed by atoms with Crippen molar-refractivity contribution in [2.75, 3.05) is 20.1 Å². The molecule has 4 aliphatic carbocycles. The third kappa shape index (κ3) is 2.68. The van der Waals surface area contributed by atoms with Gasteiger partial charge in [0.25, 0.3) is 0 Å². The first-order valence-electron chi connectivity index (χ1n) is 8.06. The van der Waals surface area contributed by atoms with Gasteiger partial charge in [0, 0.05) is 13.1 Å². The second-order valence-electron chi connectivity index (χ2n) is 8.29. The van der Waals surface area contributed by atoms with Crippen molar-refractivity contribution in [2.45, 2.75) is 46.0 Å². The summed E-state index contributed by atoms with van der Waals surface area (Å²) >= 11 is 0. The summed E-state index contributed by atoms with van der Waals surface area (Å²) < 4.78 is 0. The fourth-order valence-electron chi connectivity index (χ4n) is 5.47. The number of hydrogen-bond donors (Lipinski definition) is 0. The average molecular weight is 260 g/mol. The zero-order valence-corrected chi connectivity index (χ0v) is 12.7. The highest BCUT2D eigenvalue weighted by Crippen LogP contribution is 2.56. The van der Waals surface area contributed by atoms with E-state index in [-0.39, 0.29) is 5.41 Å². The lowest BCUT2D eigenvalue weighted by Crippen LogP contribution is -2.49. The van der Waals surface area contributed by atoms with Crippen LogP contribution in [0.25, 0.3) is 0 Å². The fraction of sp³-hybridized carbons (Fsp3) is 0.941. The molecule has 106 valence electrons. The van der Waals surface area contributed by atoms with Crippen molar-refractivity contribution in [3.8, 4) is 6.07 Å². The molecule has 0 radical (unpaired) electrons. The Morgan fingerprint density at radius 3 is 2.05 bits per heavy atom. The minimum Gasteiger partial charge on any atom is -0.305 e. The second kappa shape index (κ2) is 4.77. The average Bonchev–Trinajstić information content (AvgIpc) is 2.32. The number of hydrogen-bond acceptors (Lipinski definition) is 2. The van der Waals surface area contributed by atoms with Crippen LogP contribution >= 0.6 is 0 Å². The van der Waals surface area contributed by atoms with E-state index in [4.69, 9.17) is 0 Å². The summed E-state index contributed by atoms with van der Waals surface area (Å²) in [4.78, 5) is 2.43. The maximum atomic E-state index is 9.17. The molecule has 19 heavy (non-hydrogen) atoms. The molecule has 4 saturated carbocycles. The summed E-state index contributed by atoms with van der Waals surface area (Å²) in [5, 5.41) is 9.17. The molecule has 0 aromatic heterocycles. The van der Waals surface area contributed by atoms with Crippen LogP contribution in [0.5, 0.6) is 0 Å². The van der Waals surface area contributed by atoms with Gasteiger partial charge in [0.1, 0.15) is 0 Å². The van der Waals surface area contributed by atoms with Crippen LogP contribution in [0.15, 0.2) is 0 Å². The van der Waals surface area contributed by atoms with Crippen LogP contribution in [0.2, 0.25) is 0 Å². The molecule has 0 saturated heterocycles. The second-order valence-corrected chi connectivity index (χ2v) is 8.29. The van der Waals surface area contributed by atoms with Crippen molar-refractivity contribution in [3.63, 3.8) is 0 Å². The van der Waals surface area contributed by atoms with Crippen LogP contribution in [0.3, 0.4) is 0 Å². The Morgan fingerprint density at radius 2 is 1.58 bits per heavy atom. The third-order valence-corrected chi connectivity index (χ3v) is 5.91. The predicted octanol–water partition coefficient (Wildman–Crippen LogP) is 3.54. The predicted molar refractivity (Wildman–Crippen MR) is 77.4 cm³/mol. The first-order valence-corrected chi connectivity index (χ1v) is 8.06. The molecule has 4 aliphatic rings. The quantitative estimate of drug-likeness (QED) is 0.773. The first kappa shape index (κ1) is 13.4. The van der Waals surface area contributed by atoms with Crippen molar-refractivity contribution in [3.05, 3.63) is 0 Å². The summed E-state index contributed by atoms with van der Waals surface area (Å²) in [5.74, 6) is 5.07. The first-order chi connectivity index (χ1) is 8.97. The van der Waals surface area contributed by atoms with Gasteiger partial charge in [-0.15, -0.1) is 0 Å². The summed E-state index contributed by atoms with van der Waals surface area (Å²) in [7, 11) is 2.21. The zero-order chi connectivity index (χ0) is 13.6. The van der Waals surface area contributed by atoms with E-state index < -0.39 is 0 Å². The molecule has 4 bridgehead atoms. The van der Waals surface area contributed by atoms with Crippen LogP contribution in [0.4, 0.5) is 0 Å². The van der Waals surface area contributed by atoms with E-state index in [1.165, 1.54) is 38.6 Å².